The van der Waals surface area contributed by atoms with E-state index < -0.39 is 0 Å². The minimum absolute atomic E-state index is 0.567. The van der Waals surface area contributed by atoms with E-state index in [0.29, 0.717) is 12.0 Å². The first-order valence-electron chi connectivity index (χ1n) is 6.92. The van der Waals surface area contributed by atoms with Gasteiger partial charge in [-0.05, 0) is 25.8 Å². The molecule has 3 nitrogen and oxygen atoms in total. The lowest BCUT2D eigenvalue weighted by Crippen LogP contribution is -2.28. The highest BCUT2D eigenvalue weighted by atomic mass is 32.1. The number of nitrogens with one attached hydrogen (secondary N) is 1. The second-order valence-electron chi connectivity index (χ2n) is 5.39. The molecule has 1 unspecified atom stereocenters. The predicted octanol–water partition coefficient (Wildman–Crippen LogP) is 3.51. The van der Waals surface area contributed by atoms with Crippen LogP contribution >= 0.6 is 11.3 Å². The third kappa shape index (κ3) is 4.94. The summed E-state index contributed by atoms with van der Waals surface area (Å²) in [6, 6.07) is 0.567. The first kappa shape index (κ1) is 15.4. The number of anilines is 1. The standard InChI is InChI=1S/C14H27N3S/c1-6-7-12(4)17(5)14-16-13(10-18-14)9-15-8-11(2)3/h10-12,15H,6-9H2,1-5H3. The third-order valence-electron chi connectivity index (χ3n) is 3.07. The molecule has 1 aromatic heterocycles. The van der Waals surface area contributed by atoms with Crippen molar-refractivity contribution in [1.82, 2.24) is 10.3 Å². The molecule has 0 aliphatic rings. The highest BCUT2D eigenvalue weighted by Gasteiger charge is 2.12. The molecule has 1 N–H and O–H groups in total. The van der Waals surface area contributed by atoms with E-state index in [-0.39, 0.29) is 0 Å². The lowest BCUT2D eigenvalue weighted by Gasteiger charge is -2.23. The highest BCUT2D eigenvalue weighted by molar-refractivity contribution is 7.13. The molecule has 0 bridgehead atoms. The fourth-order valence-electron chi connectivity index (χ4n) is 1.83. The molecule has 0 saturated carbocycles. The van der Waals surface area contributed by atoms with Crippen molar-refractivity contribution in [2.75, 3.05) is 18.5 Å². The van der Waals surface area contributed by atoms with Crippen LogP contribution in [-0.4, -0.2) is 24.6 Å². The zero-order valence-electron chi connectivity index (χ0n) is 12.4. The van der Waals surface area contributed by atoms with E-state index in [1.807, 2.05) is 0 Å². The van der Waals surface area contributed by atoms with E-state index >= 15 is 0 Å². The molecule has 1 heterocycles. The van der Waals surface area contributed by atoms with Gasteiger partial charge in [-0.25, -0.2) is 4.98 Å². The van der Waals surface area contributed by atoms with Crippen LogP contribution in [0.25, 0.3) is 0 Å². The number of hydrogen-bond donors (Lipinski definition) is 1. The Morgan fingerprint density at radius 1 is 1.39 bits per heavy atom. The Hall–Kier alpha value is -0.610. The van der Waals surface area contributed by atoms with E-state index in [1.165, 1.54) is 12.8 Å². The number of rotatable bonds is 8. The molecule has 0 aliphatic carbocycles. The van der Waals surface area contributed by atoms with Crippen LogP contribution in [0.2, 0.25) is 0 Å². The molecule has 4 heteroatoms. The fourth-order valence-corrected chi connectivity index (χ4v) is 2.72. The zero-order chi connectivity index (χ0) is 13.5. The first-order valence-corrected chi connectivity index (χ1v) is 7.80. The molecule has 1 rings (SSSR count). The third-order valence-corrected chi connectivity index (χ3v) is 4.05. The maximum absolute atomic E-state index is 4.69. The quantitative estimate of drug-likeness (QED) is 0.783. The molecule has 1 aromatic rings. The van der Waals surface area contributed by atoms with Crippen molar-refractivity contribution in [3.05, 3.63) is 11.1 Å². The SMILES string of the molecule is CCCC(C)N(C)c1nc(CNCC(C)C)cs1. The number of nitrogens with zero attached hydrogens (tertiary/aromatic N) is 2. The van der Waals surface area contributed by atoms with Gasteiger partial charge in [-0.3, -0.25) is 0 Å². The minimum atomic E-state index is 0.567. The minimum Gasteiger partial charge on any atom is -0.348 e. The molecule has 0 radical (unpaired) electrons. The maximum atomic E-state index is 4.69. The van der Waals surface area contributed by atoms with Gasteiger partial charge in [0.15, 0.2) is 5.13 Å². The van der Waals surface area contributed by atoms with Crippen molar-refractivity contribution >= 4 is 16.5 Å². The molecule has 0 aromatic carbocycles. The van der Waals surface area contributed by atoms with Crippen molar-refractivity contribution in [2.45, 2.75) is 53.1 Å². The average molecular weight is 269 g/mol. The van der Waals surface area contributed by atoms with Crippen LogP contribution in [-0.2, 0) is 6.54 Å². The lowest BCUT2D eigenvalue weighted by atomic mass is 10.2. The van der Waals surface area contributed by atoms with E-state index in [2.05, 4.69) is 50.3 Å². The monoisotopic (exact) mass is 269 g/mol. The van der Waals surface area contributed by atoms with Crippen molar-refractivity contribution in [1.29, 1.82) is 0 Å². The molecule has 1 atom stereocenters. The van der Waals surface area contributed by atoms with Crippen molar-refractivity contribution in [3.8, 4) is 0 Å². The summed E-state index contributed by atoms with van der Waals surface area (Å²) in [6.45, 7) is 10.9. The summed E-state index contributed by atoms with van der Waals surface area (Å²) in [5, 5.41) is 6.73. The highest BCUT2D eigenvalue weighted by Crippen LogP contribution is 2.22. The fraction of sp³-hybridized carbons (Fsp3) is 0.786. The van der Waals surface area contributed by atoms with E-state index in [4.69, 9.17) is 4.98 Å². The second kappa shape index (κ2) is 7.74. The molecule has 104 valence electrons. The Morgan fingerprint density at radius 2 is 2.11 bits per heavy atom. The van der Waals surface area contributed by atoms with Gasteiger partial charge in [0.1, 0.15) is 0 Å². The summed E-state index contributed by atoms with van der Waals surface area (Å²) in [5.74, 6) is 0.690. The molecule has 0 spiro atoms. The number of hydrogen-bond acceptors (Lipinski definition) is 4. The Labute approximate surface area is 116 Å². The zero-order valence-corrected chi connectivity index (χ0v) is 13.2. The van der Waals surface area contributed by atoms with E-state index in [1.54, 1.807) is 11.3 Å². The Bertz CT molecular complexity index is 336. The number of aromatic nitrogens is 1. The van der Waals surface area contributed by atoms with Crippen molar-refractivity contribution < 1.29 is 0 Å². The second-order valence-corrected chi connectivity index (χ2v) is 6.23. The van der Waals surface area contributed by atoms with Crippen molar-refractivity contribution in [2.24, 2.45) is 5.92 Å². The van der Waals surface area contributed by atoms with Gasteiger partial charge in [-0.1, -0.05) is 27.2 Å². The Morgan fingerprint density at radius 3 is 2.72 bits per heavy atom. The smallest absolute Gasteiger partial charge is 0.185 e. The molecule has 0 fully saturated rings. The van der Waals surface area contributed by atoms with E-state index in [0.717, 1.165) is 23.9 Å². The molecular formula is C14H27N3S. The van der Waals surface area contributed by atoms with Crippen LogP contribution in [0.4, 0.5) is 5.13 Å². The van der Waals surface area contributed by atoms with Crippen LogP contribution in [0.1, 0.15) is 46.2 Å². The largest absolute Gasteiger partial charge is 0.348 e. The molecule has 0 amide bonds. The van der Waals surface area contributed by atoms with Gasteiger partial charge in [0.05, 0.1) is 5.69 Å². The van der Waals surface area contributed by atoms with Crippen LogP contribution < -0.4 is 10.2 Å². The first-order chi connectivity index (χ1) is 8.54. The summed E-state index contributed by atoms with van der Waals surface area (Å²) in [4.78, 5) is 6.98. The molecular weight excluding hydrogens is 242 g/mol. The number of thiazole rings is 1. The normalized spacial score (nSPS) is 13.0. The van der Waals surface area contributed by atoms with Crippen molar-refractivity contribution in [3.63, 3.8) is 0 Å². The summed E-state index contributed by atoms with van der Waals surface area (Å²) >= 11 is 1.75. The predicted molar refractivity (Wildman–Crippen MR) is 81.4 cm³/mol. The van der Waals surface area contributed by atoms with Gasteiger partial charge in [0.2, 0.25) is 0 Å². The lowest BCUT2D eigenvalue weighted by molar-refractivity contribution is 0.548. The van der Waals surface area contributed by atoms with Gasteiger partial charge in [0.25, 0.3) is 0 Å². The Balaban J connectivity index is 2.46. The summed E-state index contributed by atoms with van der Waals surface area (Å²) < 4.78 is 0. The van der Waals surface area contributed by atoms with Crippen LogP contribution in [0.15, 0.2) is 5.38 Å². The van der Waals surface area contributed by atoms with Gasteiger partial charge in [-0.15, -0.1) is 11.3 Å². The average Bonchev–Trinajstić information content (AvgIpc) is 2.76. The summed E-state index contributed by atoms with van der Waals surface area (Å²) in [5.41, 5.74) is 1.16. The van der Waals surface area contributed by atoms with Gasteiger partial charge < -0.3 is 10.2 Å². The van der Waals surface area contributed by atoms with Gasteiger partial charge >= 0.3 is 0 Å². The molecule has 18 heavy (non-hydrogen) atoms. The maximum Gasteiger partial charge on any atom is 0.185 e. The molecule has 0 aliphatic heterocycles. The van der Waals surface area contributed by atoms with Crippen LogP contribution in [0, 0.1) is 5.92 Å². The summed E-state index contributed by atoms with van der Waals surface area (Å²) in [7, 11) is 2.14. The molecule has 0 saturated heterocycles. The van der Waals surface area contributed by atoms with Crippen LogP contribution in [0.5, 0.6) is 0 Å². The summed E-state index contributed by atoms with van der Waals surface area (Å²) in [6.07, 6.45) is 2.44. The van der Waals surface area contributed by atoms with E-state index in [9.17, 15) is 0 Å². The van der Waals surface area contributed by atoms with Gasteiger partial charge in [0, 0.05) is 25.0 Å². The van der Waals surface area contributed by atoms with Gasteiger partial charge in [-0.2, -0.15) is 0 Å². The topological polar surface area (TPSA) is 28.2 Å². The Kier molecular flexibility index (Phi) is 6.65. The van der Waals surface area contributed by atoms with Crippen LogP contribution in [0.3, 0.4) is 0 Å².